The van der Waals surface area contributed by atoms with Crippen LogP contribution in [0.15, 0.2) is 63.9 Å². The average molecular weight is 373 g/mol. The topological polar surface area (TPSA) is 88.2 Å². The number of hydrogen-bond donors (Lipinski definition) is 2. The van der Waals surface area contributed by atoms with E-state index in [9.17, 15) is 9.90 Å². The van der Waals surface area contributed by atoms with Crippen molar-refractivity contribution in [3.05, 3.63) is 82.0 Å². The smallest absolute Gasteiger partial charge is 0.336 e. The molecule has 4 rings (SSSR count). The largest absolute Gasteiger partial charge is 0.508 e. The van der Waals surface area contributed by atoms with Gasteiger partial charge in [-0.2, -0.15) is 0 Å². The lowest BCUT2D eigenvalue weighted by atomic mass is 10.1. The van der Waals surface area contributed by atoms with Crippen molar-refractivity contribution in [3.63, 3.8) is 0 Å². The summed E-state index contributed by atoms with van der Waals surface area (Å²) in [6.45, 7) is 4.11. The minimum atomic E-state index is -0.440. The van der Waals surface area contributed by atoms with Gasteiger partial charge in [0, 0.05) is 46.7 Å². The van der Waals surface area contributed by atoms with E-state index in [2.05, 4.69) is 15.3 Å². The first-order valence-electron chi connectivity index (χ1n) is 8.90. The number of rotatable bonds is 4. The van der Waals surface area contributed by atoms with Crippen molar-refractivity contribution < 1.29 is 9.52 Å². The normalized spacial score (nSPS) is 10.9. The van der Waals surface area contributed by atoms with Gasteiger partial charge in [-0.25, -0.2) is 14.8 Å². The summed E-state index contributed by atoms with van der Waals surface area (Å²) >= 11 is 0. The molecule has 2 aromatic carbocycles. The van der Waals surface area contributed by atoms with Gasteiger partial charge in [0.2, 0.25) is 0 Å². The second kappa shape index (κ2) is 7.15. The number of phenols is 1. The molecule has 0 fully saturated rings. The summed E-state index contributed by atoms with van der Waals surface area (Å²) in [7, 11) is 0. The first-order chi connectivity index (χ1) is 13.5. The molecule has 0 saturated carbocycles. The van der Waals surface area contributed by atoms with E-state index in [1.807, 2.05) is 37.3 Å². The first-order valence-corrected chi connectivity index (χ1v) is 8.90. The monoisotopic (exact) mass is 373 g/mol. The Balaban J connectivity index is 1.58. The molecule has 0 bridgehead atoms. The van der Waals surface area contributed by atoms with Gasteiger partial charge in [-0.05, 0) is 61.9 Å². The van der Waals surface area contributed by atoms with Crippen LogP contribution in [0.3, 0.4) is 0 Å². The van der Waals surface area contributed by atoms with Gasteiger partial charge < -0.3 is 14.8 Å². The molecule has 140 valence electrons. The lowest BCUT2D eigenvalue weighted by Gasteiger charge is -2.11. The van der Waals surface area contributed by atoms with Crippen molar-refractivity contribution in [2.75, 3.05) is 5.32 Å². The summed E-state index contributed by atoms with van der Waals surface area (Å²) in [5, 5.41) is 14.0. The van der Waals surface area contributed by atoms with Crippen LogP contribution in [0.1, 0.15) is 16.8 Å². The Morgan fingerprint density at radius 3 is 2.61 bits per heavy atom. The maximum absolute atomic E-state index is 11.9. The van der Waals surface area contributed by atoms with Crippen molar-refractivity contribution in [1.82, 2.24) is 9.97 Å². The average Bonchev–Trinajstić information content (AvgIpc) is 2.70. The van der Waals surface area contributed by atoms with Crippen molar-refractivity contribution >= 4 is 16.7 Å². The molecule has 28 heavy (non-hydrogen) atoms. The molecule has 0 radical (unpaired) electrons. The highest BCUT2D eigenvalue weighted by Crippen LogP contribution is 2.28. The van der Waals surface area contributed by atoms with Gasteiger partial charge in [-0.1, -0.05) is 0 Å². The van der Waals surface area contributed by atoms with E-state index in [1.54, 1.807) is 25.3 Å². The number of hydrogen-bond acceptors (Lipinski definition) is 6. The minimum absolute atomic E-state index is 0.106. The minimum Gasteiger partial charge on any atom is -0.508 e. The second-order valence-corrected chi connectivity index (χ2v) is 6.63. The Kier molecular flexibility index (Phi) is 4.53. The first kappa shape index (κ1) is 17.7. The van der Waals surface area contributed by atoms with Gasteiger partial charge in [-0.3, -0.25) is 0 Å². The summed E-state index contributed by atoms with van der Waals surface area (Å²) in [6.07, 6.45) is 1.75. The Hall–Kier alpha value is -3.67. The van der Waals surface area contributed by atoms with Gasteiger partial charge >= 0.3 is 5.63 Å². The molecule has 0 spiro atoms. The molecule has 6 heteroatoms. The van der Waals surface area contributed by atoms with Crippen LogP contribution < -0.4 is 10.9 Å². The highest BCUT2D eigenvalue weighted by molar-refractivity contribution is 5.85. The summed E-state index contributed by atoms with van der Waals surface area (Å²) in [5.74, 6) is 0.795. The number of aromatic hydroxyl groups is 1. The molecule has 6 nitrogen and oxygen atoms in total. The number of fused-ring (bicyclic) bond motifs is 1. The number of aryl methyl sites for hydroxylation is 2. The molecule has 4 aromatic rings. The van der Waals surface area contributed by atoms with Crippen LogP contribution in [0, 0.1) is 13.8 Å². The van der Waals surface area contributed by atoms with Crippen molar-refractivity contribution in [2.24, 2.45) is 0 Å². The van der Waals surface area contributed by atoms with Crippen LogP contribution >= 0.6 is 0 Å². The SMILES string of the molecule is Cc1ccnc(-c2ccc(NCc3cc(=O)oc4c(C)c(O)ccc34)cc2)n1. The van der Waals surface area contributed by atoms with E-state index < -0.39 is 5.63 Å². The van der Waals surface area contributed by atoms with E-state index in [0.717, 1.165) is 27.9 Å². The number of nitrogens with one attached hydrogen (secondary N) is 1. The third-order valence-electron chi connectivity index (χ3n) is 4.64. The van der Waals surface area contributed by atoms with Crippen molar-refractivity contribution in [3.8, 4) is 17.1 Å². The third kappa shape index (κ3) is 3.44. The van der Waals surface area contributed by atoms with Gasteiger partial charge in [0.05, 0.1) is 0 Å². The van der Waals surface area contributed by atoms with Crippen LogP contribution in [-0.2, 0) is 6.54 Å². The maximum atomic E-state index is 11.9. The quantitative estimate of drug-likeness (QED) is 0.522. The van der Waals surface area contributed by atoms with Gasteiger partial charge in [0.25, 0.3) is 0 Å². The third-order valence-corrected chi connectivity index (χ3v) is 4.64. The molecule has 0 aliphatic carbocycles. The lowest BCUT2D eigenvalue weighted by Crippen LogP contribution is -2.06. The van der Waals surface area contributed by atoms with E-state index in [4.69, 9.17) is 4.42 Å². The second-order valence-electron chi connectivity index (χ2n) is 6.63. The molecule has 0 saturated heterocycles. The number of nitrogens with zero attached hydrogens (tertiary/aromatic N) is 2. The summed E-state index contributed by atoms with van der Waals surface area (Å²) in [4.78, 5) is 20.6. The Labute approximate surface area is 161 Å². The summed E-state index contributed by atoms with van der Waals surface area (Å²) in [6, 6.07) is 14.5. The van der Waals surface area contributed by atoms with E-state index >= 15 is 0 Å². The molecular formula is C22H19N3O3. The molecule has 2 aromatic heterocycles. The highest BCUT2D eigenvalue weighted by atomic mass is 16.4. The Morgan fingerprint density at radius 1 is 1.07 bits per heavy atom. The van der Waals surface area contributed by atoms with E-state index in [0.29, 0.717) is 23.5 Å². The molecule has 0 atom stereocenters. The van der Waals surface area contributed by atoms with Crippen molar-refractivity contribution in [2.45, 2.75) is 20.4 Å². The highest BCUT2D eigenvalue weighted by Gasteiger charge is 2.10. The molecule has 0 amide bonds. The van der Waals surface area contributed by atoms with E-state index in [1.165, 1.54) is 6.07 Å². The summed E-state index contributed by atoms with van der Waals surface area (Å²) < 4.78 is 5.28. The zero-order chi connectivity index (χ0) is 19.7. The van der Waals surface area contributed by atoms with Crippen LogP contribution in [0.25, 0.3) is 22.4 Å². The van der Waals surface area contributed by atoms with Crippen LogP contribution in [0.5, 0.6) is 5.75 Å². The predicted molar refractivity (Wildman–Crippen MR) is 108 cm³/mol. The van der Waals surface area contributed by atoms with Gasteiger partial charge in [0.15, 0.2) is 5.82 Å². The molecule has 0 aliphatic heterocycles. The molecular weight excluding hydrogens is 354 g/mol. The molecule has 2 N–H and O–H groups in total. The molecule has 2 heterocycles. The Morgan fingerprint density at radius 2 is 1.86 bits per heavy atom. The van der Waals surface area contributed by atoms with Crippen LogP contribution in [-0.4, -0.2) is 15.1 Å². The number of phenolic OH excluding ortho intramolecular Hbond substituents is 1. The van der Waals surface area contributed by atoms with Crippen LogP contribution in [0.4, 0.5) is 5.69 Å². The van der Waals surface area contributed by atoms with Crippen LogP contribution in [0.2, 0.25) is 0 Å². The molecule has 0 unspecified atom stereocenters. The lowest BCUT2D eigenvalue weighted by molar-refractivity contribution is 0.468. The van der Waals surface area contributed by atoms with E-state index in [-0.39, 0.29) is 5.75 Å². The summed E-state index contributed by atoms with van der Waals surface area (Å²) in [5.41, 5.74) is 4.10. The van der Waals surface area contributed by atoms with Gasteiger partial charge in [-0.15, -0.1) is 0 Å². The predicted octanol–water partition coefficient (Wildman–Crippen LogP) is 4.18. The zero-order valence-corrected chi connectivity index (χ0v) is 15.6. The number of anilines is 1. The Bertz CT molecular complexity index is 1210. The van der Waals surface area contributed by atoms with Gasteiger partial charge in [0.1, 0.15) is 11.3 Å². The number of benzene rings is 2. The maximum Gasteiger partial charge on any atom is 0.336 e. The standard InChI is InChI=1S/C22H19N3O3/c1-13-9-10-23-22(25-13)15-3-5-17(6-4-15)24-12-16-11-20(27)28-21-14(2)19(26)8-7-18(16)21/h3-11,24,26H,12H2,1-2H3. The zero-order valence-electron chi connectivity index (χ0n) is 15.6. The number of aromatic nitrogens is 2. The fraction of sp³-hybridized carbons (Fsp3) is 0.136. The van der Waals surface area contributed by atoms with Crippen molar-refractivity contribution in [1.29, 1.82) is 0 Å². The fourth-order valence-corrected chi connectivity index (χ4v) is 3.08. The fourth-order valence-electron chi connectivity index (χ4n) is 3.08. The molecule has 0 aliphatic rings.